The molecule has 1 aliphatic rings. The standard InChI is InChI=1S/C11H14.2C2H6/c1-3-7-11-9-6-5-8-10(11)4-2;2*1-2/h4,7H,1-2,5-6,8-9H2;2*1-2H3. The summed E-state index contributed by atoms with van der Waals surface area (Å²) in [5, 5.41) is 0. The number of rotatable bonds is 2. The lowest BCUT2D eigenvalue weighted by atomic mass is 9.92. The largest absolute Gasteiger partial charge is 0.128 e. The van der Waals surface area contributed by atoms with Crippen LogP contribution in [0.25, 0.3) is 0 Å². The van der Waals surface area contributed by atoms with Gasteiger partial charge in [-0.25, -0.2) is 0 Å². The lowest BCUT2D eigenvalue weighted by molar-refractivity contribution is 0.694. The molecule has 0 amide bonds. The molecule has 1 aliphatic carbocycles. The van der Waals surface area contributed by atoms with E-state index in [2.05, 4.69) is 18.9 Å². The van der Waals surface area contributed by atoms with Crippen molar-refractivity contribution in [2.24, 2.45) is 0 Å². The van der Waals surface area contributed by atoms with Gasteiger partial charge in [-0.05, 0) is 42.9 Å². The normalized spacial score (nSPS) is 13.6. The molecule has 0 atom stereocenters. The molecule has 0 fully saturated rings. The summed E-state index contributed by atoms with van der Waals surface area (Å²) in [5.41, 5.74) is 5.58. The Morgan fingerprint density at radius 2 is 1.47 bits per heavy atom. The van der Waals surface area contributed by atoms with Gasteiger partial charge in [0.15, 0.2) is 0 Å². The van der Waals surface area contributed by atoms with E-state index < -0.39 is 0 Å². The summed E-state index contributed by atoms with van der Waals surface area (Å²) in [4.78, 5) is 0. The van der Waals surface area contributed by atoms with Crippen LogP contribution in [0.2, 0.25) is 0 Å². The Morgan fingerprint density at radius 3 is 1.87 bits per heavy atom. The van der Waals surface area contributed by atoms with Gasteiger partial charge in [-0.3, -0.25) is 0 Å². The zero-order valence-corrected chi connectivity index (χ0v) is 10.9. The van der Waals surface area contributed by atoms with Crippen molar-refractivity contribution in [1.82, 2.24) is 0 Å². The first kappa shape index (κ1) is 16.4. The summed E-state index contributed by atoms with van der Waals surface area (Å²) in [6.45, 7) is 15.4. The Balaban J connectivity index is 0. The molecule has 0 aliphatic heterocycles. The second kappa shape index (κ2) is 13.0. The highest BCUT2D eigenvalue weighted by Gasteiger charge is 2.06. The van der Waals surface area contributed by atoms with E-state index in [1.165, 1.54) is 36.8 Å². The van der Waals surface area contributed by atoms with Crippen LogP contribution in [0.15, 0.2) is 42.2 Å². The van der Waals surface area contributed by atoms with Crippen molar-refractivity contribution in [3.63, 3.8) is 0 Å². The van der Waals surface area contributed by atoms with Gasteiger partial charge in [-0.1, -0.05) is 46.9 Å². The molecule has 0 aromatic heterocycles. The predicted molar refractivity (Wildman–Crippen MR) is 72.1 cm³/mol. The predicted octanol–water partition coefficient (Wildman–Crippen LogP) is 5.44. The van der Waals surface area contributed by atoms with E-state index in [4.69, 9.17) is 0 Å². The van der Waals surface area contributed by atoms with Crippen molar-refractivity contribution in [3.05, 3.63) is 42.2 Å². The third kappa shape index (κ3) is 6.99. The molecule has 0 spiro atoms. The van der Waals surface area contributed by atoms with Crippen molar-refractivity contribution >= 4 is 0 Å². The molecule has 0 N–H and O–H groups in total. The second-order valence-electron chi connectivity index (χ2n) is 2.81. The fraction of sp³-hybridized carbons (Fsp3) is 0.533. The minimum Gasteiger partial charge on any atom is -0.128 e. The fourth-order valence-electron chi connectivity index (χ4n) is 1.47. The van der Waals surface area contributed by atoms with Crippen LogP contribution < -0.4 is 0 Å². The van der Waals surface area contributed by atoms with Crippen molar-refractivity contribution in [3.8, 4) is 0 Å². The van der Waals surface area contributed by atoms with E-state index in [9.17, 15) is 0 Å². The smallest absolute Gasteiger partial charge is 0.0171 e. The van der Waals surface area contributed by atoms with Crippen LogP contribution in [0, 0.1) is 0 Å². The van der Waals surface area contributed by atoms with E-state index in [0.29, 0.717) is 0 Å². The quantitative estimate of drug-likeness (QED) is 0.528. The van der Waals surface area contributed by atoms with Gasteiger partial charge >= 0.3 is 0 Å². The Labute approximate surface area is 96.1 Å². The minimum absolute atomic E-state index is 1.17. The number of hydrogen-bond donors (Lipinski definition) is 0. The monoisotopic (exact) mass is 206 g/mol. The Hall–Kier alpha value is -1.00. The maximum absolute atomic E-state index is 3.79. The van der Waals surface area contributed by atoms with Crippen LogP contribution in [-0.4, -0.2) is 0 Å². The molecule has 0 bridgehead atoms. The van der Waals surface area contributed by atoms with Gasteiger partial charge in [-0.2, -0.15) is 0 Å². The zero-order chi connectivity index (χ0) is 12.1. The number of hydrogen-bond acceptors (Lipinski definition) is 0. The molecule has 0 saturated heterocycles. The zero-order valence-electron chi connectivity index (χ0n) is 10.9. The summed E-state index contributed by atoms with van der Waals surface area (Å²) >= 11 is 0. The lowest BCUT2D eigenvalue weighted by Crippen LogP contribution is -1.94. The summed E-state index contributed by atoms with van der Waals surface area (Å²) < 4.78 is 0. The fourth-order valence-corrected chi connectivity index (χ4v) is 1.47. The highest BCUT2D eigenvalue weighted by Crippen LogP contribution is 2.25. The highest BCUT2D eigenvalue weighted by molar-refractivity contribution is 5.33. The molecule has 0 unspecified atom stereocenters. The second-order valence-corrected chi connectivity index (χ2v) is 2.81. The maximum Gasteiger partial charge on any atom is -0.0171 e. The molecule has 0 radical (unpaired) electrons. The molecule has 0 aromatic rings. The van der Waals surface area contributed by atoms with Gasteiger partial charge in [-0.15, -0.1) is 5.73 Å². The van der Waals surface area contributed by atoms with E-state index in [1.54, 1.807) is 0 Å². The molecular formula is C15H26. The summed E-state index contributed by atoms with van der Waals surface area (Å²) in [5.74, 6) is 0. The first-order valence-corrected chi connectivity index (χ1v) is 6.08. The van der Waals surface area contributed by atoms with Crippen LogP contribution in [0.5, 0.6) is 0 Å². The molecule has 0 aromatic carbocycles. The average molecular weight is 206 g/mol. The maximum atomic E-state index is 3.79. The van der Waals surface area contributed by atoms with Crippen molar-refractivity contribution in [1.29, 1.82) is 0 Å². The van der Waals surface area contributed by atoms with Gasteiger partial charge in [0.2, 0.25) is 0 Å². The van der Waals surface area contributed by atoms with Crippen molar-refractivity contribution in [2.45, 2.75) is 53.4 Å². The van der Waals surface area contributed by atoms with Crippen LogP contribution in [0.1, 0.15) is 53.4 Å². The topological polar surface area (TPSA) is 0 Å². The average Bonchev–Trinajstić information content (AvgIpc) is 2.35. The SMILES string of the molecule is C=C=CC1=C(C=C)CCCC1.CC.CC. The first-order chi connectivity index (χ1) is 7.38. The van der Waals surface area contributed by atoms with E-state index >= 15 is 0 Å². The van der Waals surface area contributed by atoms with E-state index in [-0.39, 0.29) is 0 Å². The van der Waals surface area contributed by atoms with Crippen LogP contribution in [-0.2, 0) is 0 Å². The summed E-state index contributed by atoms with van der Waals surface area (Å²) in [6, 6.07) is 0. The number of allylic oxidation sites excluding steroid dienone is 4. The lowest BCUT2D eigenvalue weighted by Gasteiger charge is -2.13. The van der Waals surface area contributed by atoms with Gasteiger partial charge in [0.1, 0.15) is 0 Å². The Kier molecular flexibility index (Phi) is 14.2. The molecule has 0 nitrogen and oxygen atoms in total. The highest BCUT2D eigenvalue weighted by atomic mass is 14.1. The molecule has 0 heterocycles. The van der Waals surface area contributed by atoms with Crippen LogP contribution in [0.4, 0.5) is 0 Å². The molecule has 0 saturated carbocycles. The Morgan fingerprint density at radius 1 is 1.00 bits per heavy atom. The molecule has 1 rings (SSSR count). The molecule has 15 heavy (non-hydrogen) atoms. The third-order valence-electron chi connectivity index (χ3n) is 2.08. The molecule has 86 valence electrons. The first-order valence-electron chi connectivity index (χ1n) is 6.08. The summed E-state index contributed by atoms with van der Waals surface area (Å²) in [6.07, 6.45) is 8.89. The molecular weight excluding hydrogens is 180 g/mol. The third-order valence-corrected chi connectivity index (χ3v) is 2.08. The van der Waals surface area contributed by atoms with Gasteiger partial charge in [0, 0.05) is 0 Å². The van der Waals surface area contributed by atoms with Gasteiger partial charge < -0.3 is 0 Å². The van der Waals surface area contributed by atoms with Crippen LogP contribution >= 0.6 is 0 Å². The van der Waals surface area contributed by atoms with E-state index in [1.807, 2.05) is 39.8 Å². The van der Waals surface area contributed by atoms with Gasteiger partial charge in [0.05, 0.1) is 0 Å². The minimum atomic E-state index is 1.17. The van der Waals surface area contributed by atoms with Gasteiger partial charge in [0.25, 0.3) is 0 Å². The van der Waals surface area contributed by atoms with Crippen molar-refractivity contribution < 1.29 is 0 Å². The summed E-state index contributed by atoms with van der Waals surface area (Å²) in [7, 11) is 0. The Bertz CT molecular complexity index is 224. The molecule has 0 heteroatoms. The van der Waals surface area contributed by atoms with Crippen LogP contribution in [0.3, 0.4) is 0 Å². The van der Waals surface area contributed by atoms with Crippen molar-refractivity contribution in [2.75, 3.05) is 0 Å². The van der Waals surface area contributed by atoms with E-state index in [0.717, 1.165) is 0 Å².